The second-order valence-electron chi connectivity index (χ2n) is 5.29. The molecule has 1 aromatic carbocycles. The molecular weight excluding hydrogens is 328 g/mol. The molecule has 7 nitrogen and oxygen atoms in total. The van der Waals surface area contributed by atoms with Gasteiger partial charge in [-0.3, -0.25) is 4.79 Å². The smallest absolute Gasteiger partial charge is 0.251 e. The van der Waals surface area contributed by atoms with Gasteiger partial charge in [-0.25, -0.2) is 17.7 Å². The van der Waals surface area contributed by atoms with Gasteiger partial charge in [0, 0.05) is 39.4 Å². The van der Waals surface area contributed by atoms with Crippen molar-refractivity contribution in [2.24, 2.45) is 0 Å². The van der Waals surface area contributed by atoms with Crippen LogP contribution in [0.2, 0.25) is 0 Å². The van der Waals surface area contributed by atoms with E-state index in [0.717, 1.165) is 9.87 Å². The van der Waals surface area contributed by atoms with Crippen LogP contribution in [0.5, 0.6) is 0 Å². The first-order chi connectivity index (χ1) is 11.3. The van der Waals surface area contributed by atoms with Crippen LogP contribution < -0.4 is 10.6 Å². The summed E-state index contributed by atoms with van der Waals surface area (Å²) in [5, 5.41) is 5.67. The van der Waals surface area contributed by atoms with Gasteiger partial charge in [-0.15, -0.1) is 0 Å². The molecule has 0 saturated heterocycles. The Kier molecular flexibility index (Phi) is 5.53. The van der Waals surface area contributed by atoms with Crippen LogP contribution in [0.1, 0.15) is 15.9 Å². The highest BCUT2D eigenvalue weighted by Crippen LogP contribution is 2.14. The van der Waals surface area contributed by atoms with Crippen molar-refractivity contribution in [2.45, 2.75) is 11.4 Å². The molecule has 0 atom stereocenters. The number of amides is 1. The number of nitrogens with zero attached hydrogens (tertiary/aromatic N) is 2. The number of carbonyl (C=O) groups is 1. The molecule has 0 bridgehead atoms. The molecule has 1 heterocycles. The molecule has 0 aliphatic heterocycles. The van der Waals surface area contributed by atoms with Crippen molar-refractivity contribution in [1.29, 1.82) is 0 Å². The molecule has 2 rings (SSSR count). The highest BCUT2D eigenvalue weighted by atomic mass is 32.2. The summed E-state index contributed by atoms with van der Waals surface area (Å²) in [7, 11) is 1.25. The molecule has 8 heteroatoms. The van der Waals surface area contributed by atoms with Gasteiger partial charge in [0.05, 0.1) is 4.90 Å². The molecular formula is C16H20N4O3S. The minimum atomic E-state index is -3.44. The Morgan fingerprint density at radius 2 is 1.83 bits per heavy atom. The van der Waals surface area contributed by atoms with Crippen LogP contribution in [-0.2, 0) is 16.6 Å². The predicted molar refractivity (Wildman–Crippen MR) is 92.3 cm³/mol. The third-order valence-corrected chi connectivity index (χ3v) is 5.26. The number of sulfonamides is 1. The Morgan fingerprint density at radius 1 is 1.17 bits per heavy atom. The Balaban J connectivity index is 2.03. The van der Waals surface area contributed by atoms with Gasteiger partial charge in [-0.2, -0.15) is 0 Å². The van der Waals surface area contributed by atoms with Gasteiger partial charge in [0.2, 0.25) is 10.0 Å². The second-order valence-corrected chi connectivity index (χ2v) is 7.45. The molecule has 0 aliphatic rings. The SMILES string of the molecule is CNc1cc(C(=O)NCc2ccc(S(=O)(=O)N(C)C)cc2)ccn1. The third-order valence-electron chi connectivity index (χ3n) is 3.43. The van der Waals surface area contributed by atoms with Gasteiger partial charge in [0.25, 0.3) is 5.91 Å². The van der Waals surface area contributed by atoms with Crippen LogP contribution in [0.15, 0.2) is 47.5 Å². The highest BCUT2D eigenvalue weighted by molar-refractivity contribution is 7.89. The number of pyridine rings is 1. The number of hydrogen-bond donors (Lipinski definition) is 2. The number of hydrogen-bond acceptors (Lipinski definition) is 5. The van der Waals surface area contributed by atoms with E-state index in [1.807, 2.05) is 0 Å². The Labute approximate surface area is 141 Å². The van der Waals surface area contributed by atoms with Crippen molar-refractivity contribution in [2.75, 3.05) is 26.5 Å². The standard InChI is InChI=1S/C16H20N4O3S/c1-17-15-10-13(8-9-18-15)16(21)19-11-12-4-6-14(7-5-12)24(22,23)20(2)3/h4-10H,11H2,1-3H3,(H,17,18)(H,19,21). The lowest BCUT2D eigenvalue weighted by Gasteiger charge is -2.12. The van der Waals surface area contributed by atoms with E-state index < -0.39 is 10.0 Å². The summed E-state index contributed by atoms with van der Waals surface area (Å²) in [6.07, 6.45) is 1.56. The predicted octanol–water partition coefficient (Wildman–Crippen LogP) is 1.30. The summed E-state index contributed by atoms with van der Waals surface area (Å²) in [5.41, 5.74) is 1.31. The average Bonchev–Trinajstić information content (AvgIpc) is 2.59. The van der Waals surface area contributed by atoms with Gasteiger partial charge in [-0.05, 0) is 29.8 Å². The Morgan fingerprint density at radius 3 is 2.42 bits per heavy atom. The van der Waals surface area contributed by atoms with Crippen molar-refractivity contribution in [3.8, 4) is 0 Å². The lowest BCUT2D eigenvalue weighted by atomic mass is 10.2. The molecule has 2 N–H and O–H groups in total. The molecule has 24 heavy (non-hydrogen) atoms. The second kappa shape index (κ2) is 7.41. The number of rotatable bonds is 6. The van der Waals surface area contributed by atoms with Crippen LogP contribution in [-0.4, -0.2) is 44.8 Å². The molecule has 0 saturated carbocycles. The molecule has 0 fully saturated rings. The monoisotopic (exact) mass is 348 g/mol. The molecule has 1 amide bonds. The van der Waals surface area contributed by atoms with E-state index in [2.05, 4.69) is 15.6 Å². The summed E-state index contributed by atoms with van der Waals surface area (Å²) < 4.78 is 25.2. The fraction of sp³-hybridized carbons (Fsp3) is 0.250. The fourth-order valence-electron chi connectivity index (χ4n) is 1.98. The van der Waals surface area contributed by atoms with E-state index in [0.29, 0.717) is 17.9 Å². The van der Waals surface area contributed by atoms with Gasteiger partial charge >= 0.3 is 0 Å². The lowest BCUT2D eigenvalue weighted by Crippen LogP contribution is -2.23. The maximum absolute atomic E-state index is 12.1. The quantitative estimate of drug-likeness (QED) is 0.821. The van der Waals surface area contributed by atoms with Crippen molar-refractivity contribution in [3.05, 3.63) is 53.7 Å². The number of anilines is 1. The highest BCUT2D eigenvalue weighted by Gasteiger charge is 2.16. The normalized spacial score (nSPS) is 11.3. The molecule has 0 unspecified atom stereocenters. The zero-order valence-electron chi connectivity index (χ0n) is 13.8. The first-order valence-corrected chi connectivity index (χ1v) is 8.72. The minimum Gasteiger partial charge on any atom is -0.373 e. The maximum atomic E-state index is 12.1. The maximum Gasteiger partial charge on any atom is 0.251 e. The number of benzene rings is 1. The largest absolute Gasteiger partial charge is 0.373 e. The number of carbonyl (C=O) groups excluding carboxylic acids is 1. The summed E-state index contributed by atoms with van der Waals surface area (Å²) in [5.74, 6) is 0.389. The first-order valence-electron chi connectivity index (χ1n) is 7.28. The summed E-state index contributed by atoms with van der Waals surface area (Å²) in [6, 6.07) is 9.71. The molecule has 128 valence electrons. The number of aromatic nitrogens is 1. The lowest BCUT2D eigenvalue weighted by molar-refractivity contribution is 0.0951. The zero-order chi connectivity index (χ0) is 17.7. The molecule has 1 aromatic heterocycles. The van der Waals surface area contributed by atoms with Crippen LogP contribution in [0, 0.1) is 0 Å². The fourth-order valence-corrected chi connectivity index (χ4v) is 2.88. The molecule has 0 spiro atoms. The molecule has 2 aromatic rings. The average molecular weight is 348 g/mol. The van der Waals surface area contributed by atoms with Gasteiger partial charge in [0.15, 0.2) is 0 Å². The van der Waals surface area contributed by atoms with E-state index in [-0.39, 0.29) is 10.8 Å². The first kappa shape index (κ1) is 17.9. The van der Waals surface area contributed by atoms with E-state index in [1.165, 1.54) is 26.2 Å². The number of nitrogens with one attached hydrogen (secondary N) is 2. The van der Waals surface area contributed by atoms with Crippen LogP contribution in [0.4, 0.5) is 5.82 Å². The summed E-state index contributed by atoms with van der Waals surface area (Å²) in [6.45, 7) is 0.304. The zero-order valence-corrected chi connectivity index (χ0v) is 14.6. The van der Waals surface area contributed by atoms with Crippen LogP contribution in [0.25, 0.3) is 0 Å². The Bertz CT molecular complexity index is 817. The van der Waals surface area contributed by atoms with Crippen molar-refractivity contribution >= 4 is 21.7 Å². The topological polar surface area (TPSA) is 91.4 Å². The van der Waals surface area contributed by atoms with Crippen LogP contribution in [0.3, 0.4) is 0 Å². The van der Waals surface area contributed by atoms with Gasteiger partial charge in [0.1, 0.15) is 5.82 Å². The summed E-state index contributed by atoms with van der Waals surface area (Å²) in [4.78, 5) is 16.4. The van der Waals surface area contributed by atoms with Crippen molar-refractivity contribution in [3.63, 3.8) is 0 Å². The van der Waals surface area contributed by atoms with E-state index in [1.54, 1.807) is 37.5 Å². The van der Waals surface area contributed by atoms with Gasteiger partial charge in [-0.1, -0.05) is 12.1 Å². The molecule has 0 aliphatic carbocycles. The minimum absolute atomic E-state index is 0.218. The summed E-state index contributed by atoms with van der Waals surface area (Å²) >= 11 is 0. The van der Waals surface area contributed by atoms with E-state index >= 15 is 0 Å². The van der Waals surface area contributed by atoms with Crippen molar-refractivity contribution < 1.29 is 13.2 Å². The van der Waals surface area contributed by atoms with Crippen LogP contribution >= 0.6 is 0 Å². The van der Waals surface area contributed by atoms with Gasteiger partial charge < -0.3 is 10.6 Å². The van der Waals surface area contributed by atoms with E-state index in [9.17, 15) is 13.2 Å². The Hall–Kier alpha value is -2.45. The van der Waals surface area contributed by atoms with Crippen molar-refractivity contribution in [1.82, 2.24) is 14.6 Å². The third kappa shape index (κ3) is 4.09. The molecule has 0 radical (unpaired) electrons. The van der Waals surface area contributed by atoms with E-state index in [4.69, 9.17) is 0 Å².